The number of hydrogen-bond acceptors (Lipinski definition) is 3. The zero-order valence-electron chi connectivity index (χ0n) is 12.4. The van der Waals surface area contributed by atoms with Gasteiger partial charge in [0.25, 0.3) is 5.91 Å². The van der Waals surface area contributed by atoms with Crippen LogP contribution in [0.5, 0.6) is 0 Å². The minimum Gasteiger partial charge on any atom is -0.481 e. The summed E-state index contributed by atoms with van der Waals surface area (Å²) in [6.45, 7) is 1.66. The van der Waals surface area contributed by atoms with Gasteiger partial charge in [-0.2, -0.15) is 0 Å². The number of nitrogens with one attached hydrogen (secondary N) is 2. The Morgan fingerprint density at radius 2 is 1.91 bits per heavy atom. The standard InChI is InChI=1S/C17H15ClN2O3/c1-9(17(22)23)6-10-2-5-13-15(7-10)19-14-8-11(18)3-4-12(14)16(21)20-13/h2-5,7-9,19H,6H2,1H3,(H,20,21)(H,22,23). The number of carboxylic acids is 1. The lowest BCUT2D eigenvalue weighted by molar-refractivity contribution is -0.141. The average molecular weight is 331 g/mol. The van der Waals surface area contributed by atoms with Gasteiger partial charge in [0.15, 0.2) is 0 Å². The Kier molecular flexibility index (Phi) is 3.96. The van der Waals surface area contributed by atoms with Crippen molar-refractivity contribution in [3.8, 4) is 0 Å². The summed E-state index contributed by atoms with van der Waals surface area (Å²) >= 11 is 6.00. The number of amides is 1. The van der Waals surface area contributed by atoms with Crippen LogP contribution in [0.25, 0.3) is 0 Å². The SMILES string of the molecule is CC(Cc1ccc2c(c1)Nc1cc(Cl)ccc1C(=O)N2)C(=O)O. The number of carbonyl (C=O) groups is 2. The Hall–Kier alpha value is -2.53. The van der Waals surface area contributed by atoms with Crippen molar-refractivity contribution in [3.63, 3.8) is 0 Å². The van der Waals surface area contributed by atoms with Gasteiger partial charge in [0, 0.05) is 5.02 Å². The number of hydrogen-bond donors (Lipinski definition) is 3. The molecule has 6 heteroatoms. The Bertz CT molecular complexity index is 804. The molecule has 0 aliphatic carbocycles. The molecule has 1 heterocycles. The maximum atomic E-state index is 12.3. The summed E-state index contributed by atoms with van der Waals surface area (Å²) in [5, 5.41) is 15.6. The van der Waals surface area contributed by atoms with Crippen LogP contribution in [0.4, 0.5) is 17.1 Å². The minimum absolute atomic E-state index is 0.213. The van der Waals surface area contributed by atoms with E-state index in [-0.39, 0.29) is 5.91 Å². The van der Waals surface area contributed by atoms with Crippen molar-refractivity contribution in [2.45, 2.75) is 13.3 Å². The van der Waals surface area contributed by atoms with Crippen LogP contribution in [-0.4, -0.2) is 17.0 Å². The van der Waals surface area contributed by atoms with Crippen LogP contribution in [0.1, 0.15) is 22.8 Å². The van der Waals surface area contributed by atoms with Crippen molar-refractivity contribution in [1.29, 1.82) is 0 Å². The summed E-state index contributed by atoms with van der Waals surface area (Å²) in [6, 6.07) is 10.5. The van der Waals surface area contributed by atoms with E-state index in [9.17, 15) is 9.59 Å². The quantitative estimate of drug-likeness (QED) is 0.797. The second kappa shape index (κ2) is 5.93. The monoisotopic (exact) mass is 330 g/mol. The molecule has 1 aliphatic rings. The molecule has 0 saturated heterocycles. The van der Waals surface area contributed by atoms with Crippen molar-refractivity contribution in [3.05, 3.63) is 52.5 Å². The van der Waals surface area contributed by atoms with Gasteiger partial charge in [-0.25, -0.2) is 0 Å². The van der Waals surface area contributed by atoms with Crippen molar-refractivity contribution in [2.75, 3.05) is 10.6 Å². The number of aliphatic carboxylic acids is 1. The zero-order chi connectivity index (χ0) is 16.6. The van der Waals surface area contributed by atoms with E-state index in [1.807, 2.05) is 12.1 Å². The summed E-state index contributed by atoms with van der Waals surface area (Å²) in [5.74, 6) is -1.52. The van der Waals surface area contributed by atoms with E-state index in [2.05, 4.69) is 10.6 Å². The highest BCUT2D eigenvalue weighted by Gasteiger charge is 2.20. The summed E-state index contributed by atoms with van der Waals surface area (Å²) < 4.78 is 0. The van der Waals surface area contributed by atoms with Crippen LogP contribution in [0.15, 0.2) is 36.4 Å². The third-order valence-electron chi connectivity index (χ3n) is 3.79. The molecule has 0 fully saturated rings. The van der Waals surface area contributed by atoms with Crippen molar-refractivity contribution < 1.29 is 14.7 Å². The largest absolute Gasteiger partial charge is 0.481 e. The smallest absolute Gasteiger partial charge is 0.306 e. The molecule has 5 nitrogen and oxygen atoms in total. The molecular formula is C17H15ClN2O3. The second-order valence-corrected chi connectivity index (χ2v) is 6.03. The van der Waals surface area contributed by atoms with E-state index in [1.54, 1.807) is 31.2 Å². The summed E-state index contributed by atoms with van der Waals surface area (Å²) in [5.41, 5.74) is 3.37. The van der Waals surface area contributed by atoms with Gasteiger partial charge < -0.3 is 15.7 Å². The van der Waals surface area contributed by atoms with Gasteiger partial charge >= 0.3 is 5.97 Å². The normalized spacial score (nSPS) is 13.9. The second-order valence-electron chi connectivity index (χ2n) is 5.59. The number of carbonyl (C=O) groups excluding carboxylic acids is 1. The highest BCUT2D eigenvalue weighted by molar-refractivity contribution is 6.31. The molecule has 1 atom stereocenters. The summed E-state index contributed by atoms with van der Waals surface area (Å²) in [7, 11) is 0. The average Bonchev–Trinajstić information content (AvgIpc) is 2.62. The fourth-order valence-electron chi connectivity index (χ4n) is 2.52. The van der Waals surface area contributed by atoms with E-state index in [0.29, 0.717) is 28.4 Å². The number of rotatable bonds is 3. The first kappa shape index (κ1) is 15.4. The first-order chi connectivity index (χ1) is 10.9. The van der Waals surface area contributed by atoms with Crippen molar-refractivity contribution in [1.82, 2.24) is 0 Å². The third kappa shape index (κ3) is 3.14. The Labute approximate surface area is 138 Å². The van der Waals surface area contributed by atoms with E-state index < -0.39 is 11.9 Å². The molecule has 0 aromatic heterocycles. The molecule has 3 N–H and O–H groups in total. The van der Waals surface area contributed by atoms with Gasteiger partial charge in [-0.1, -0.05) is 24.6 Å². The summed E-state index contributed by atoms with van der Waals surface area (Å²) in [4.78, 5) is 23.3. The number of benzene rings is 2. The lowest BCUT2D eigenvalue weighted by atomic mass is 10.0. The molecule has 2 aromatic carbocycles. The van der Waals surface area contributed by atoms with Gasteiger partial charge in [0.2, 0.25) is 0 Å². The Morgan fingerprint density at radius 1 is 1.13 bits per heavy atom. The first-order valence-corrected chi connectivity index (χ1v) is 7.55. The molecule has 2 aromatic rings. The molecule has 1 aliphatic heterocycles. The van der Waals surface area contributed by atoms with Crippen LogP contribution < -0.4 is 10.6 Å². The molecule has 23 heavy (non-hydrogen) atoms. The predicted octanol–water partition coefficient (Wildman–Crippen LogP) is 3.91. The van der Waals surface area contributed by atoms with E-state index in [0.717, 1.165) is 11.3 Å². The highest BCUT2D eigenvalue weighted by atomic mass is 35.5. The van der Waals surface area contributed by atoms with Crippen LogP contribution in [0.3, 0.4) is 0 Å². The zero-order valence-corrected chi connectivity index (χ0v) is 13.1. The van der Waals surface area contributed by atoms with Gasteiger partial charge in [0.1, 0.15) is 0 Å². The van der Waals surface area contributed by atoms with Crippen LogP contribution in [0, 0.1) is 5.92 Å². The molecule has 0 spiro atoms. The molecule has 0 radical (unpaired) electrons. The minimum atomic E-state index is -0.835. The first-order valence-electron chi connectivity index (χ1n) is 7.17. The third-order valence-corrected chi connectivity index (χ3v) is 4.03. The fourth-order valence-corrected chi connectivity index (χ4v) is 2.70. The molecule has 3 rings (SSSR count). The maximum Gasteiger partial charge on any atom is 0.306 e. The lowest BCUT2D eigenvalue weighted by Crippen LogP contribution is -2.12. The topological polar surface area (TPSA) is 78.4 Å². The number of anilines is 3. The molecular weight excluding hydrogens is 316 g/mol. The molecule has 118 valence electrons. The molecule has 1 amide bonds. The predicted molar refractivity (Wildman–Crippen MR) is 89.6 cm³/mol. The fraction of sp³-hybridized carbons (Fsp3) is 0.176. The highest BCUT2D eigenvalue weighted by Crippen LogP contribution is 2.34. The molecule has 0 saturated carbocycles. The maximum absolute atomic E-state index is 12.3. The van der Waals surface area contributed by atoms with Crippen molar-refractivity contribution in [2.24, 2.45) is 5.92 Å². The summed E-state index contributed by atoms with van der Waals surface area (Å²) in [6.07, 6.45) is 0.417. The van der Waals surface area contributed by atoms with E-state index in [1.165, 1.54) is 0 Å². The van der Waals surface area contributed by atoms with Crippen molar-refractivity contribution >= 4 is 40.5 Å². The molecule has 1 unspecified atom stereocenters. The number of carboxylic acid groups (broad SMARTS) is 1. The number of fused-ring (bicyclic) bond motifs is 2. The van der Waals surface area contributed by atoms with E-state index >= 15 is 0 Å². The number of halogens is 1. The lowest BCUT2D eigenvalue weighted by Gasteiger charge is -2.12. The van der Waals surface area contributed by atoms with Gasteiger partial charge in [0.05, 0.1) is 28.5 Å². The molecule has 0 bridgehead atoms. The van der Waals surface area contributed by atoms with Crippen LogP contribution in [-0.2, 0) is 11.2 Å². The van der Waals surface area contributed by atoms with Crippen LogP contribution >= 0.6 is 11.6 Å². The van der Waals surface area contributed by atoms with Gasteiger partial charge in [-0.3, -0.25) is 9.59 Å². The Morgan fingerprint density at radius 3 is 2.65 bits per heavy atom. The van der Waals surface area contributed by atoms with E-state index in [4.69, 9.17) is 16.7 Å². The van der Waals surface area contributed by atoms with Crippen LogP contribution in [0.2, 0.25) is 5.02 Å². The van der Waals surface area contributed by atoms with Gasteiger partial charge in [-0.15, -0.1) is 0 Å². The van der Waals surface area contributed by atoms with Gasteiger partial charge in [-0.05, 0) is 42.3 Å². The Balaban J connectivity index is 1.97.